The molecule has 1 amide bonds. The summed E-state index contributed by atoms with van der Waals surface area (Å²) >= 11 is 5.93. The van der Waals surface area contributed by atoms with E-state index in [1.54, 1.807) is 0 Å². The molecule has 0 aliphatic heterocycles. The number of non-ortho nitro benzene ring substituents is 1. The first-order valence-corrected chi connectivity index (χ1v) is 10.7. The fourth-order valence-corrected chi connectivity index (χ4v) is 3.61. The smallest absolute Gasteiger partial charge is 0.339 e. The number of hydrogen-bond donors (Lipinski definition) is 1. The van der Waals surface area contributed by atoms with E-state index >= 15 is 0 Å². The summed E-state index contributed by atoms with van der Waals surface area (Å²) in [4.78, 5) is 34.7. The van der Waals surface area contributed by atoms with Gasteiger partial charge in [0.2, 0.25) is 15.9 Å². The first-order valence-electron chi connectivity index (χ1n) is 8.45. The molecule has 0 fully saturated rings. The van der Waals surface area contributed by atoms with Crippen LogP contribution < -0.4 is 14.4 Å². The average molecular weight is 472 g/mol. The molecule has 0 saturated heterocycles. The van der Waals surface area contributed by atoms with Crippen molar-refractivity contribution in [2.24, 2.45) is 0 Å². The van der Waals surface area contributed by atoms with Gasteiger partial charge in [0, 0.05) is 17.8 Å². The number of esters is 1. The second kappa shape index (κ2) is 9.62. The van der Waals surface area contributed by atoms with Crippen LogP contribution in [-0.4, -0.2) is 52.2 Å². The van der Waals surface area contributed by atoms with Crippen LogP contribution in [0, 0.1) is 10.1 Å². The number of nitrogens with zero attached hydrogens (tertiary/aromatic N) is 2. The third-order valence-electron chi connectivity index (χ3n) is 3.98. The number of methoxy groups -OCH3 is 2. The highest BCUT2D eigenvalue weighted by atomic mass is 35.5. The molecule has 166 valence electrons. The van der Waals surface area contributed by atoms with Crippen LogP contribution in [0.5, 0.6) is 5.75 Å². The van der Waals surface area contributed by atoms with Crippen LogP contribution in [0.3, 0.4) is 0 Å². The topological polar surface area (TPSA) is 145 Å². The number of benzene rings is 2. The summed E-state index contributed by atoms with van der Waals surface area (Å²) in [6, 6.07) is 7.40. The number of nitro benzene ring substituents is 1. The largest absolute Gasteiger partial charge is 0.495 e. The summed E-state index contributed by atoms with van der Waals surface area (Å²) < 4.78 is 35.1. The molecule has 11 nitrogen and oxygen atoms in total. The average Bonchev–Trinajstić information content (AvgIpc) is 2.71. The van der Waals surface area contributed by atoms with Crippen molar-refractivity contribution in [3.8, 4) is 5.75 Å². The zero-order valence-electron chi connectivity index (χ0n) is 16.6. The third kappa shape index (κ3) is 5.83. The van der Waals surface area contributed by atoms with E-state index in [1.807, 2.05) is 0 Å². The van der Waals surface area contributed by atoms with Crippen molar-refractivity contribution in [1.82, 2.24) is 0 Å². The molecule has 0 spiro atoms. The quantitative estimate of drug-likeness (QED) is 0.351. The van der Waals surface area contributed by atoms with Gasteiger partial charge in [-0.15, -0.1) is 0 Å². The Kier molecular flexibility index (Phi) is 7.41. The van der Waals surface area contributed by atoms with Crippen LogP contribution in [0.1, 0.15) is 10.4 Å². The Hall–Kier alpha value is -3.38. The first kappa shape index (κ1) is 23.9. The number of amides is 1. The Morgan fingerprint density at radius 3 is 2.42 bits per heavy atom. The Morgan fingerprint density at radius 1 is 1.19 bits per heavy atom. The molecule has 0 aliphatic rings. The second-order valence-corrected chi connectivity index (χ2v) is 8.43. The van der Waals surface area contributed by atoms with Gasteiger partial charge in [0.05, 0.1) is 36.0 Å². The predicted octanol–water partition coefficient (Wildman–Crippen LogP) is 2.45. The molecule has 0 aliphatic carbocycles. The molecule has 0 radical (unpaired) electrons. The van der Waals surface area contributed by atoms with E-state index in [0.29, 0.717) is 4.31 Å². The molecular weight excluding hydrogens is 454 g/mol. The molecule has 2 aromatic carbocycles. The summed E-state index contributed by atoms with van der Waals surface area (Å²) in [6.07, 6.45) is 0.843. The van der Waals surface area contributed by atoms with E-state index in [-0.39, 0.29) is 33.4 Å². The van der Waals surface area contributed by atoms with Crippen LogP contribution in [0.25, 0.3) is 0 Å². The Bertz CT molecular complexity index is 1140. The lowest BCUT2D eigenvalue weighted by molar-refractivity contribution is -0.384. The number of nitro groups is 1. The Labute approximate surface area is 182 Å². The molecule has 0 bridgehead atoms. The number of hydrogen-bond acceptors (Lipinski definition) is 8. The van der Waals surface area contributed by atoms with E-state index in [4.69, 9.17) is 16.3 Å². The van der Waals surface area contributed by atoms with Crippen molar-refractivity contribution < 1.29 is 32.4 Å². The summed E-state index contributed by atoms with van der Waals surface area (Å²) in [5.41, 5.74) is -0.400. The lowest BCUT2D eigenvalue weighted by Crippen LogP contribution is -2.37. The van der Waals surface area contributed by atoms with Crippen LogP contribution in [0.2, 0.25) is 5.02 Å². The van der Waals surface area contributed by atoms with Crippen molar-refractivity contribution >= 4 is 50.6 Å². The van der Waals surface area contributed by atoms with Crippen LogP contribution in [0.15, 0.2) is 36.4 Å². The fourth-order valence-electron chi connectivity index (χ4n) is 2.57. The normalized spacial score (nSPS) is 10.8. The van der Waals surface area contributed by atoms with Gasteiger partial charge in [-0.05, 0) is 24.3 Å². The standard InChI is InChI=1S/C18H18ClN3O8S/c1-29-16-7-5-12(22(25)26)9-15(16)21(31(3,27)28)10-17(23)20-11-4-6-14(19)13(8-11)18(24)30-2/h4-9H,10H2,1-3H3,(H,20,23). The molecule has 0 unspecified atom stereocenters. The SMILES string of the molecule is COC(=O)c1cc(NC(=O)CN(c2cc([N+](=O)[O-])ccc2OC)S(C)(=O)=O)ccc1Cl. The van der Waals surface area contributed by atoms with E-state index < -0.39 is 33.4 Å². The minimum Gasteiger partial charge on any atom is -0.495 e. The van der Waals surface area contributed by atoms with Gasteiger partial charge in [0.1, 0.15) is 18.0 Å². The lowest BCUT2D eigenvalue weighted by Gasteiger charge is -2.23. The van der Waals surface area contributed by atoms with Crippen LogP contribution in [0.4, 0.5) is 17.1 Å². The van der Waals surface area contributed by atoms with Crippen molar-refractivity contribution in [2.45, 2.75) is 0 Å². The summed E-state index contributed by atoms with van der Waals surface area (Å²) in [5, 5.41) is 13.6. The highest BCUT2D eigenvalue weighted by Gasteiger charge is 2.26. The molecule has 2 rings (SSSR count). The van der Waals surface area contributed by atoms with Crippen molar-refractivity contribution in [3.05, 3.63) is 57.1 Å². The maximum Gasteiger partial charge on any atom is 0.339 e. The minimum atomic E-state index is -4.04. The maximum absolute atomic E-state index is 12.6. The van der Waals surface area contributed by atoms with Gasteiger partial charge in [-0.3, -0.25) is 19.2 Å². The molecule has 0 aromatic heterocycles. The summed E-state index contributed by atoms with van der Waals surface area (Å²) in [6.45, 7) is -0.716. The molecular formula is C18H18ClN3O8S. The predicted molar refractivity (Wildman–Crippen MR) is 113 cm³/mol. The fraction of sp³-hybridized carbons (Fsp3) is 0.222. The molecule has 13 heteroatoms. The number of ether oxygens (including phenoxy) is 2. The van der Waals surface area contributed by atoms with Crippen LogP contribution >= 0.6 is 11.6 Å². The Morgan fingerprint density at radius 2 is 1.87 bits per heavy atom. The number of rotatable bonds is 8. The maximum atomic E-state index is 12.6. The van der Waals surface area contributed by atoms with Crippen molar-refractivity contribution in [2.75, 3.05) is 36.6 Å². The minimum absolute atomic E-state index is 0.00212. The van der Waals surface area contributed by atoms with Gasteiger partial charge in [0.15, 0.2) is 0 Å². The molecule has 1 N–H and O–H groups in total. The summed E-state index contributed by atoms with van der Waals surface area (Å²) in [5.74, 6) is -1.49. The second-order valence-electron chi connectivity index (χ2n) is 6.12. The zero-order chi connectivity index (χ0) is 23.3. The van der Waals surface area contributed by atoms with Crippen molar-refractivity contribution in [1.29, 1.82) is 0 Å². The molecule has 0 saturated carbocycles. The van der Waals surface area contributed by atoms with Gasteiger partial charge >= 0.3 is 5.97 Å². The van der Waals surface area contributed by atoms with Gasteiger partial charge in [-0.25, -0.2) is 13.2 Å². The van der Waals surface area contributed by atoms with E-state index in [2.05, 4.69) is 10.1 Å². The van der Waals surface area contributed by atoms with E-state index in [9.17, 15) is 28.1 Å². The van der Waals surface area contributed by atoms with E-state index in [1.165, 1.54) is 38.5 Å². The van der Waals surface area contributed by atoms with E-state index in [0.717, 1.165) is 18.4 Å². The Balaban J connectivity index is 2.37. The highest BCUT2D eigenvalue weighted by Crippen LogP contribution is 2.33. The number of carbonyl (C=O) groups is 2. The first-order chi connectivity index (χ1) is 14.5. The summed E-state index contributed by atoms with van der Waals surface area (Å²) in [7, 11) is -1.61. The molecule has 31 heavy (non-hydrogen) atoms. The highest BCUT2D eigenvalue weighted by molar-refractivity contribution is 7.92. The lowest BCUT2D eigenvalue weighted by atomic mass is 10.2. The van der Waals surface area contributed by atoms with Crippen LogP contribution in [-0.2, 0) is 19.6 Å². The van der Waals surface area contributed by atoms with Gasteiger partial charge < -0.3 is 14.8 Å². The number of nitrogens with one attached hydrogen (secondary N) is 1. The molecule has 2 aromatic rings. The number of halogens is 1. The molecule has 0 heterocycles. The van der Waals surface area contributed by atoms with Crippen molar-refractivity contribution in [3.63, 3.8) is 0 Å². The number of carbonyl (C=O) groups excluding carboxylic acids is 2. The number of sulfonamides is 1. The molecule has 0 atom stereocenters. The van der Waals surface area contributed by atoms with Gasteiger partial charge in [-0.2, -0.15) is 0 Å². The zero-order valence-corrected chi connectivity index (χ0v) is 18.2. The van der Waals surface area contributed by atoms with Gasteiger partial charge in [0.25, 0.3) is 5.69 Å². The monoisotopic (exact) mass is 471 g/mol. The number of anilines is 2. The third-order valence-corrected chi connectivity index (χ3v) is 5.44. The van der Waals surface area contributed by atoms with Gasteiger partial charge in [-0.1, -0.05) is 11.6 Å².